The van der Waals surface area contributed by atoms with E-state index in [0.29, 0.717) is 18.0 Å². The molecule has 11 heavy (non-hydrogen) atoms. The van der Waals surface area contributed by atoms with Gasteiger partial charge in [0, 0.05) is 6.42 Å². The minimum absolute atomic E-state index is 0.385. The summed E-state index contributed by atoms with van der Waals surface area (Å²) in [5.74, 6) is 0.576. The zero-order valence-corrected chi connectivity index (χ0v) is 6.24. The Morgan fingerprint density at radius 1 is 1.73 bits per heavy atom. The first-order chi connectivity index (χ1) is 5.36. The summed E-state index contributed by atoms with van der Waals surface area (Å²) in [6, 6.07) is 1.95. The Kier molecular flexibility index (Phi) is 2.45. The van der Waals surface area contributed by atoms with Crippen LogP contribution in [0.2, 0.25) is 0 Å². The predicted octanol–water partition coefficient (Wildman–Crippen LogP) is 1.40. The van der Waals surface area contributed by atoms with Crippen molar-refractivity contribution in [3.8, 4) is 6.07 Å². The van der Waals surface area contributed by atoms with Crippen LogP contribution in [0.3, 0.4) is 0 Å². The third kappa shape index (κ3) is 1.94. The van der Waals surface area contributed by atoms with Gasteiger partial charge in [0.25, 0.3) is 0 Å². The minimum atomic E-state index is 0.385. The van der Waals surface area contributed by atoms with E-state index in [1.165, 1.54) is 0 Å². The van der Waals surface area contributed by atoms with Crippen molar-refractivity contribution < 1.29 is 4.74 Å². The zero-order valence-electron chi connectivity index (χ0n) is 6.24. The Balaban J connectivity index is 2.88. The molecule has 0 amide bonds. The quantitative estimate of drug-likeness (QED) is 0.521. The number of aliphatic imine (C=N–C) groups is 1. The summed E-state index contributed by atoms with van der Waals surface area (Å²) < 4.78 is 4.91. The topological polar surface area (TPSA) is 45.4 Å². The van der Waals surface area contributed by atoms with Crippen LogP contribution >= 0.6 is 0 Å². The number of methoxy groups -OCH3 is 1. The van der Waals surface area contributed by atoms with Gasteiger partial charge in [-0.3, -0.25) is 0 Å². The summed E-state index contributed by atoms with van der Waals surface area (Å²) in [5.41, 5.74) is 0.385. The molecule has 0 spiro atoms. The van der Waals surface area contributed by atoms with Gasteiger partial charge in [-0.15, -0.1) is 0 Å². The third-order valence-electron chi connectivity index (χ3n) is 1.28. The molecule has 1 aliphatic rings. The van der Waals surface area contributed by atoms with E-state index in [-0.39, 0.29) is 0 Å². The van der Waals surface area contributed by atoms with E-state index in [9.17, 15) is 0 Å². The summed E-state index contributed by atoms with van der Waals surface area (Å²) >= 11 is 0. The van der Waals surface area contributed by atoms with Crippen molar-refractivity contribution in [2.45, 2.75) is 6.42 Å². The highest BCUT2D eigenvalue weighted by Crippen LogP contribution is 2.04. The van der Waals surface area contributed by atoms with Gasteiger partial charge in [0.1, 0.15) is 11.8 Å². The fourth-order valence-electron chi connectivity index (χ4n) is 0.737. The summed E-state index contributed by atoms with van der Waals surface area (Å²) in [4.78, 5) is 3.94. The van der Waals surface area contributed by atoms with Crippen LogP contribution in [0.5, 0.6) is 0 Å². The number of nitrogens with zero attached hydrogens (tertiary/aromatic N) is 2. The molecule has 0 fully saturated rings. The molecule has 3 nitrogen and oxygen atoms in total. The molecule has 0 radical (unpaired) electrons. The molecule has 56 valence electrons. The van der Waals surface area contributed by atoms with Gasteiger partial charge >= 0.3 is 0 Å². The molecule has 0 aromatic heterocycles. The molecule has 0 aliphatic carbocycles. The molecule has 0 aromatic carbocycles. The SMILES string of the molecule is COC1=NC(C#N)=CC=CC1. The highest BCUT2D eigenvalue weighted by molar-refractivity contribution is 5.79. The standard InChI is InChI=1S/C8H8N2O/c1-11-8-5-3-2-4-7(6-9)10-8/h2-4H,5H2,1H3. The van der Waals surface area contributed by atoms with E-state index < -0.39 is 0 Å². The van der Waals surface area contributed by atoms with Crippen LogP contribution in [-0.4, -0.2) is 13.0 Å². The summed E-state index contributed by atoms with van der Waals surface area (Å²) in [6.07, 6.45) is 6.00. The fraction of sp³-hybridized carbons (Fsp3) is 0.250. The van der Waals surface area contributed by atoms with Crippen molar-refractivity contribution in [3.05, 3.63) is 23.9 Å². The zero-order chi connectivity index (χ0) is 8.10. The lowest BCUT2D eigenvalue weighted by atomic mass is 10.4. The van der Waals surface area contributed by atoms with Crippen LogP contribution in [0, 0.1) is 11.3 Å². The molecule has 1 aliphatic heterocycles. The van der Waals surface area contributed by atoms with Crippen molar-refractivity contribution in [1.29, 1.82) is 5.26 Å². The van der Waals surface area contributed by atoms with Gasteiger partial charge in [0.15, 0.2) is 5.90 Å². The molecular formula is C8H8N2O. The highest BCUT2D eigenvalue weighted by atomic mass is 16.5. The van der Waals surface area contributed by atoms with Crippen molar-refractivity contribution in [3.63, 3.8) is 0 Å². The van der Waals surface area contributed by atoms with Crippen molar-refractivity contribution in [2.24, 2.45) is 4.99 Å². The maximum Gasteiger partial charge on any atom is 0.192 e. The van der Waals surface area contributed by atoms with Crippen LogP contribution in [0.25, 0.3) is 0 Å². The van der Waals surface area contributed by atoms with Crippen molar-refractivity contribution >= 4 is 5.90 Å². The Morgan fingerprint density at radius 3 is 3.18 bits per heavy atom. The first-order valence-electron chi connectivity index (χ1n) is 3.25. The largest absolute Gasteiger partial charge is 0.484 e. The highest BCUT2D eigenvalue weighted by Gasteiger charge is 2.00. The van der Waals surface area contributed by atoms with Gasteiger partial charge in [-0.2, -0.15) is 5.26 Å². The van der Waals surface area contributed by atoms with Crippen LogP contribution < -0.4 is 0 Å². The maximum atomic E-state index is 8.51. The second kappa shape index (κ2) is 3.57. The van der Waals surface area contributed by atoms with Gasteiger partial charge in [-0.1, -0.05) is 12.2 Å². The van der Waals surface area contributed by atoms with Gasteiger partial charge in [0.05, 0.1) is 7.11 Å². The van der Waals surface area contributed by atoms with E-state index in [4.69, 9.17) is 10.00 Å². The van der Waals surface area contributed by atoms with E-state index in [2.05, 4.69) is 4.99 Å². The molecule has 0 unspecified atom stereocenters. The monoisotopic (exact) mass is 148 g/mol. The average molecular weight is 148 g/mol. The molecule has 0 saturated carbocycles. The van der Waals surface area contributed by atoms with E-state index in [1.54, 1.807) is 19.3 Å². The molecule has 1 heterocycles. The summed E-state index contributed by atoms with van der Waals surface area (Å²) in [6.45, 7) is 0. The molecule has 0 N–H and O–H groups in total. The average Bonchev–Trinajstić information content (AvgIpc) is 2.28. The van der Waals surface area contributed by atoms with E-state index in [0.717, 1.165) is 0 Å². The number of rotatable bonds is 0. The van der Waals surface area contributed by atoms with Crippen LogP contribution in [-0.2, 0) is 4.74 Å². The van der Waals surface area contributed by atoms with Gasteiger partial charge in [0.2, 0.25) is 0 Å². The number of nitriles is 1. The van der Waals surface area contributed by atoms with Crippen LogP contribution in [0.4, 0.5) is 0 Å². The van der Waals surface area contributed by atoms with Gasteiger partial charge in [-0.05, 0) is 6.08 Å². The van der Waals surface area contributed by atoms with Crippen LogP contribution in [0.15, 0.2) is 28.9 Å². The van der Waals surface area contributed by atoms with Gasteiger partial charge < -0.3 is 4.74 Å². The Morgan fingerprint density at radius 2 is 2.55 bits per heavy atom. The van der Waals surface area contributed by atoms with Crippen molar-refractivity contribution in [1.82, 2.24) is 0 Å². The molecule has 0 atom stereocenters. The Hall–Kier alpha value is -1.56. The van der Waals surface area contributed by atoms with E-state index >= 15 is 0 Å². The second-order valence-corrected chi connectivity index (χ2v) is 2.01. The summed E-state index contributed by atoms with van der Waals surface area (Å²) in [5, 5.41) is 8.51. The molecule has 0 aromatic rings. The number of allylic oxidation sites excluding steroid dienone is 3. The van der Waals surface area contributed by atoms with Crippen LogP contribution in [0.1, 0.15) is 6.42 Å². The number of ether oxygens (including phenoxy) is 1. The first-order valence-corrected chi connectivity index (χ1v) is 3.25. The lowest BCUT2D eigenvalue weighted by molar-refractivity contribution is 0.395. The molecule has 1 rings (SSSR count). The third-order valence-corrected chi connectivity index (χ3v) is 1.28. The lowest BCUT2D eigenvalue weighted by Crippen LogP contribution is -1.98. The first kappa shape index (κ1) is 7.55. The number of hydrogen-bond donors (Lipinski definition) is 0. The normalized spacial score (nSPS) is 16.0. The molecular weight excluding hydrogens is 140 g/mol. The second-order valence-electron chi connectivity index (χ2n) is 2.01. The molecule has 3 heteroatoms. The van der Waals surface area contributed by atoms with E-state index in [1.807, 2.05) is 12.1 Å². The predicted molar refractivity (Wildman–Crippen MR) is 41.9 cm³/mol. The Bertz CT molecular complexity index is 268. The Labute approximate surface area is 65.3 Å². The summed E-state index contributed by atoms with van der Waals surface area (Å²) in [7, 11) is 1.55. The minimum Gasteiger partial charge on any atom is -0.484 e. The number of hydrogen-bond acceptors (Lipinski definition) is 3. The maximum absolute atomic E-state index is 8.51. The van der Waals surface area contributed by atoms with Gasteiger partial charge in [-0.25, -0.2) is 4.99 Å². The lowest BCUT2D eigenvalue weighted by Gasteiger charge is -1.97. The molecule has 0 bridgehead atoms. The smallest absolute Gasteiger partial charge is 0.192 e. The van der Waals surface area contributed by atoms with Crippen molar-refractivity contribution in [2.75, 3.05) is 7.11 Å². The molecule has 0 saturated heterocycles. The fourth-order valence-corrected chi connectivity index (χ4v) is 0.737.